The van der Waals surface area contributed by atoms with Crippen LogP contribution in [0.25, 0.3) is 0 Å². The maximum atomic E-state index is 11.7. The van der Waals surface area contributed by atoms with E-state index in [9.17, 15) is 9.59 Å². The largest absolute Gasteiger partial charge is 0.480 e. The molecule has 6 nitrogen and oxygen atoms in total. The lowest BCUT2D eigenvalue weighted by atomic mass is 10.2. The molecule has 1 rings (SSSR count). The maximum Gasteiger partial charge on any atom is 0.326 e. The van der Waals surface area contributed by atoms with Gasteiger partial charge in [0.15, 0.2) is 0 Å². The van der Waals surface area contributed by atoms with Crippen LogP contribution in [0.1, 0.15) is 36.2 Å². The Balaban J connectivity index is 2.56. The van der Waals surface area contributed by atoms with Crippen molar-refractivity contribution in [3.8, 4) is 0 Å². The Morgan fingerprint density at radius 3 is 2.75 bits per heavy atom. The van der Waals surface area contributed by atoms with Gasteiger partial charge in [-0.1, -0.05) is 13.0 Å². The number of aromatic nitrogens is 1. The number of rotatable bonds is 7. The van der Waals surface area contributed by atoms with Crippen LogP contribution in [-0.4, -0.2) is 28.1 Å². The number of carbonyl (C=O) groups excluding carboxylic acids is 1. The van der Waals surface area contributed by atoms with E-state index in [4.69, 9.17) is 5.11 Å². The Hall–Kier alpha value is -1.89. The van der Waals surface area contributed by atoms with Gasteiger partial charge in [-0.15, -0.1) is 17.9 Å². The summed E-state index contributed by atoms with van der Waals surface area (Å²) < 4.78 is 0. The molecule has 0 aliphatic carbocycles. The lowest BCUT2D eigenvalue weighted by Crippen LogP contribution is -2.46. The summed E-state index contributed by atoms with van der Waals surface area (Å²) >= 11 is 1.53. The van der Waals surface area contributed by atoms with Crippen LogP contribution in [-0.2, 0) is 11.2 Å². The summed E-state index contributed by atoms with van der Waals surface area (Å²) in [6.07, 6.45) is 4.32. The molecule has 0 saturated heterocycles. The minimum Gasteiger partial charge on any atom is -0.480 e. The summed E-state index contributed by atoms with van der Waals surface area (Å²) in [5.74, 6) is -1.09. The van der Waals surface area contributed by atoms with E-state index in [2.05, 4.69) is 22.2 Å². The van der Waals surface area contributed by atoms with Gasteiger partial charge >= 0.3 is 12.0 Å². The van der Waals surface area contributed by atoms with Gasteiger partial charge in [-0.3, -0.25) is 0 Å². The smallest absolute Gasteiger partial charge is 0.326 e. The fourth-order valence-corrected chi connectivity index (χ4v) is 2.39. The third-order valence-corrected chi connectivity index (χ3v) is 3.97. The van der Waals surface area contributed by atoms with Gasteiger partial charge in [0, 0.05) is 11.1 Å². The zero-order chi connectivity index (χ0) is 15.1. The van der Waals surface area contributed by atoms with Crippen LogP contribution in [0.3, 0.4) is 0 Å². The summed E-state index contributed by atoms with van der Waals surface area (Å²) in [5, 5.41) is 14.8. The molecule has 1 aromatic heterocycles. The van der Waals surface area contributed by atoms with E-state index in [1.165, 1.54) is 17.4 Å². The van der Waals surface area contributed by atoms with Crippen molar-refractivity contribution >= 4 is 23.3 Å². The Morgan fingerprint density at radius 1 is 1.55 bits per heavy atom. The van der Waals surface area contributed by atoms with E-state index >= 15 is 0 Å². The Bertz CT molecular complexity index is 487. The van der Waals surface area contributed by atoms with Gasteiger partial charge in [-0.05, 0) is 19.8 Å². The third kappa shape index (κ3) is 4.65. The monoisotopic (exact) mass is 297 g/mol. The summed E-state index contributed by atoms with van der Waals surface area (Å²) in [5.41, 5.74) is 0. The zero-order valence-corrected chi connectivity index (χ0v) is 12.4. The van der Waals surface area contributed by atoms with Crippen molar-refractivity contribution < 1.29 is 14.7 Å². The van der Waals surface area contributed by atoms with Gasteiger partial charge in [0.2, 0.25) is 0 Å². The van der Waals surface area contributed by atoms with E-state index in [0.29, 0.717) is 0 Å². The van der Waals surface area contributed by atoms with Crippen LogP contribution in [0.5, 0.6) is 0 Å². The lowest BCUT2D eigenvalue weighted by Gasteiger charge is -2.16. The van der Waals surface area contributed by atoms with Crippen molar-refractivity contribution in [3.05, 3.63) is 28.7 Å². The minimum absolute atomic E-state index is 0.175. The molecule has 2 amide bonds. The van der Waals surface area contributed by atoms with Crippen LogP contribution in [0, 0.1) is 0 Å². The molecule has 2 unspecified atom stereocenters. The highest BCUT2D eigenvalue weighted by Crippen LogP contribution is 2.19. The molecule has 0 radical (unpaired) electrons. The van der Waals surface area contributed by atoms with Crippen molar-refractivity contribution in [2.24, 2.45) is 0 Å². The first-order chi connectivity index (χ1) is 9.47. The molecule has 2 atom stereocenters. The molecule has 110 valence electrons. The van der Waals surface area contributed by atoms with E-state index in [1.54, 1.807) is 13.1 Å². The zero-order valence-electron chi connectivity index (χ0n) is 11.5. The SMILES string of the molecule is C=CCC(NC(=O)NC(C)c1ncc(CC)s1)C(=O)O. The van der Waals surface area contributed by atoms with Crippen LogP contribution in [0.2, 0.25) is 0 Å². The molecular weight excluding hydrogens is 278 g/mol. The molecule has 0 fully saturated rings. The van der Waals surface area contributed by atoms with Crippen LogP contribution in [0.15, 0.2) is 18.9 Å². The Labute approximate surface area is 121 Å². The quantitative estimate of drug-likeness (QED) is 0.672. The number of carboxylic acids is 1. The molecule has 1 aromatic rings. The predicted molar refractivity (Wildman–Crippen MR) is 77.8 cm³/mol. The minimum atomic E-state index is -1.09. The van der Waals surface area contributed by atoms with E-state index < -0.39 is 18.0 Å². The number of aryl methyl sites for hydroxylation is 1. The molecule has 0 bridgehead atoms. The summed E-state index contributed by atoms with van der Waals surface area (Å²) in [6.45, 7) is 7.31. The van der Waals surface area contributed by atoms with Gasteiger partial charge in [0.1, 0.15) is 11.0 Å². The second-order valence-electron chi connectivity index (χ2n) is 4.27. The summed E-state index contributed by atoms with van der Waals surface area (Å²) in [4.78, 5) is 28.0. The van der Waals surface area contributed by atoms with Crippen LogP contribution < -0.4 is 10.6 Å². The van der Waals surface area contributed by atoms with Gasteiger partial charge in [0.05, 0.1) is 6.04 Å². The first-order valence-electron chi connectivity index (χ1n) is 6.33. The number of amides is 2. The number of thiazole rings is 1. The molecule has 0 spiro atoms. The second-order valence-corrected chi connectivity index (χ2v) is 5.42. The fourth-order valence-electron chi connectivity index (χ4n) is 1.53. The standard InChI is InChI=1S/C13H19N3O3S/c1-4-6-10(12(17)18)16-13(19)15-8(3)11-14-7-9(5-2)20-11/h4,7-8,10H,1,5-6H2,2-3H3,(H,17,18)(H2,15,16,19). The molecule has 3 N–H and O–H groups in total. The molecule has 0 saturated carbocycles. The molecule has 7 heteroatoms. The first-order valence-corrected chi connectivity index (χ1v) is 7.14. The summed E-state index contributed by atoms with van der Waals surface area (Å²) in [6, 6.07) is -1.76. The van der Waals surface area contributed by atoms with E-state index in [1.807, 2.05) is 6.92 Å². The van der Waals surface area contributed by atoms with Crippen LogP contribution in [0.4, 0.5) is 4.79 Å². The molecule has 1 heterocycles. The van der Waals surface area contributed by atoms with Gasteiger partial charge < -0.3 is 15.7 Å². The first kappa shape index (κ1) is 16.2. The molecule has 20 heavy (non-hydrogen) atoms. The number of nitrogens with zero attached hydrogens (tertiary/aromatic N) is 1. The average molecular weight is 297 g/mol. The van der Waals surface area contributed by atoms with E-state index in [0.717, 1.165) is 16.3 Å². The van der Waals surface area contributed by atoms with Gasteiger partial charge in [-0.2, -0.15) is 0 Å². The molecule has 0 aliphatic rings. The summed E-state index contributed by atoms with van der Waals surface area (Å²) in [7, 11) is 0. The predicted octanol–water partition coefficient (Wildman–Crippen LogP) is 2.09. The third-order valence-electron chi connectivity index (χ3n) is 2.64. The Morgan fingerprint density at radius 2 is 2.25 bits per heavy atom. The average Bonchev–Trinajstić information content (AvgIpc) is 2.86. The van der Waals surface area contributed by atoms with Crippen LogP contribution >= 0.6 is 11.3 Å². The molecule has 0 aromatic carbocycles. The highest BCUT2D eigenvalue weighted by atomic mass is 32.1. The van der Waals surface area contributed by atoms with Crippen molar-refractivity contribution in [2.45, 2.75) is 38.8 Å². The number of urea groups is 1. The van der Waals surface area contributed by atoms with Gasteiger partial charge in [-0.25, -0.2) is 14.6 Å². The van der Waals surface area contributed by atoms with Crippen molar-refractivity contribution in [2.75, 3.05) is 0 Å². The number of hydrogen-bond donors (Lipinski definition) is 3. The van der Waals surface area contributed by atoms with Crippen molar-refractivity contribution in [1.29, 1.82) is 0 Å². The normalized spacial score (nSPS) is 13.3. The fraction of sp³-hybridized carbons (Fsp3) is 0.462. The highest BCUT2D eigenvalue weighted by Gasteiger charge is 2.20. The number of hydrogen-bond acceptors (Lipinski definition) is 4. The number of carboxylic acid groups (broad SMARTS) is 1. The van der Waals surface area contributed by atoms with Crippen molar-refractivity contribution in [3.63, 3.8) is 0 Å². The lowest BCUT2D eigenvalue weighted by molar-refractivity contribution is -0.139. The topological polar surface area (TPSA) is 91.3 Å². The number of aliphatic carboxylic acids is 1. The van der Waals surface area contributed by atoms with Crippen molar-refractivity contribution in [1.82, 2.24) is 15.6 Å². The van der Waals surface area contributed by atoms with Gasteiger partial charge in [0.25, 0.3) is 0 Å². The Kier molecular flexibility index (Phi) is 6.17. The number of nitrogens with one attached hydrogen (secondary N) is 2. The highest BCUT2D eigenvalue weighted by molar-refractivity contribution is 7.11. The maximum absolute atomic E-state index is 11.7. The number of carbonyl (C=O) groups is 2. The second kappa shape index (κ2) is 7.64. The molecular formula is C13H19N3O3S. The van der Waals surface area contributed by atoms with E-state index in [-0.39, 0.29) is 12.5 Å². The molecule has 0 aliphatic heterocycles.